The van der Waals surface area contributed by atoms with Gasteiger partial charge in [0.15, 0.2) is 0 Å². The van der Waals surface area contributed by atoms with Crippen molar-refractivity contribution in [1.82, 2.24) is 0 Å². The molecule has 0 unspecified atom stereocenters. The van der Waals surface area contributed by atoms with Crippen LogP contribution >= 0.6 is 0 Å². The smallest absolute Gasteiger partial charge is 0.336 e. The zero-order chi connectivity index (χ0) is 14.2. The highest BCUT2D eigenvalue weighted by molar-refractivity contribution is 5.89. The number of esters is 1. The maximum Gasteiger partial charge on any atom is 0.336 e. The lowest BCUT2D eigenvalue weighted by Gasteiger charge is -2.12. The molecule has 2 aliphatic rings. The zero-order valence-corrected chi connectivity index (χ0v) is 11.3. The molecule has 0 aliphatic heterocycles. The summed E-state index contributed by atoms with van der Waals surface area (Å²) in [5, 5.41) is 0. The molecule has 0 bridgehead atoms. The Morgan fingerprint density at radius 2 is 1.75 bits per heavy atom. The first-order valence-electron chi connectivity index (χ1n) is 6.60. The Bertz CT molecular complexity index is 482. The molecular weight excluding hydrogens is 252 g/mol. The molecule has 0 N–H and O–H groups in total. The van der Waals surface area contributed by atoms with Gasteiger partial charge in [-0.05, 0) is 12.2 Å². The minimum absolute atomic E-state index is 0.125. The van der Waals surface area contributed by atoms with Gasteiger partial charge >= 0.3 is 5.97 Å². The largest absolute Gasteiger partial charge is 0.450 e. The molecule has 0 amide bonds. The fourth-order valence-corrected chi connectivity index (χ4v) is 1.91. The number of carbonyl (C=O) groups excluding carboxylic acids is 1. The third kappa shape index (κ3) is 4.21. The molecule has 0 aromatic heterocycles. The van der Waals surface area contributed by atoms with Gasteiger partial charge in [0, 0.05) is 5.92 Å². The highest BCUT2D eigenvalue weighted by Gasteiger charge is 2.17. The van der Waals surface area contributed by atoms with Crippen molar-refractivity contribution in [2.24, 2.45) is 5.92 Å². The van der Waals surface area contributed by atoms with Crippen LogP contribution in [0.4, 0.5) is 0 Å². The molecule has 0 heterocycles. The van der Waals surface area contributed by atoms with E-state index in [0.717, 1.165) is 0 Å². The van der Waals surface area contributed by atoms with Gasteiger partial charge in [0.1, 0.15) is 6.10 Å². The topological polar surface area (TPSA) is 35.5 Å². The second-order valence-corrected chi connectivity index (χ2v) is 4.48. The quantitative estimate of drug-likeness (QED) is 0.309. The molecule has 0 aromatic carbocycles. The molecule has 0 saturated heterocycles. The second kappa shape index (κ2) is 7.46. The van der Waals surface area contributed by atoms with Crippen LogP contribution in [0.2, 0.25) is 0 Å². The molecular formula is C17H18O3. The molecule has 20 heavy (non-hydrogen) atoms. The molecule has 0 radical (unpaired) electrons. The Balaban J connectivity index is 1.99. The highest BCUT2D eigenvalue weighted by Crippen LogP contribution is 2.16. The SMILES string of the molecule is C=CCOCC(=CC1C=CC=C1)C(=O)OC1C=CC=C1. The van der Waals surface area contributed by atoms with Crippen molar-refractivity contribution in [2.45, 2.75) is 6.10 Å². The van der Waals surface area contributed by atoms with E-state index in [1.807, 2.05) is 54.7 Å². The third-order valence-corrected chi connectivity index (χ3v) is 2.88. The summed E-state index contributed by atoms with van der Waals surface area (Å²) in [6, 6.07) is 0. The maximum absolute atomic E-state index is 12.2. The van der Waals surface area contributed by atoms with Crippen LogP contribution in [0.5, 0.6) is 0 Å². The van der Waals surface area contributed by atoms with Gasteiger partial charge in [0.2, 0.25) is 0 Å². The van der Waals surface area contributed by atoms with Gasteiger partial charge in [-0.2, -0.15) is 0 Å². The number of rotatable bonds is 7. The number of allylic oxidation sites excluding steroid dienone is 7. The number of hydrogen-bond donors (Lipinski definition) is 0. The number of hydrogen-bond acceptors (Lipinski definition) is 3. The summed E-state index contributed by atoms with van der Waals surface area (Å²) in [6.45, 7) is 4.22. The first-order valence-corrected chi connectivity index (χ1v) is 6.60. The molecule has 3 nitrogen and oxygen atoms in total. The van der Waals surface area contributed by atoms with Crippen LogP contribution in [0.25, 0.3) is 0 Å². The molecule has 104 valence electrons. The van der Waals surface area contributed by atoms with E-state index in [4.69, 9.17) is 9.47 Å². The average molecular weight is 270 g/mol. The minimum atomic E-state index is -0.344. The molecule has 0 spiro atoms. The van der Waals surface area contributed by atoms with Crippen LogP contribution in [-0.4, -0.2) is 25.3 Å². The average Bonchev–Trinajstić information content (AvgIpc) is 3.11. The van der Waals surface area contributed by atoms with Crippen LogP contribution in [0, 0.1) is 5.92 Å². The van der Waals surface area contributed by atoms with E-state index >= 15 is 0 Å². The van der Waals surface area contributed by atoms with Gasteiger partial charge in [-0.25, -0.2) is 4.79 Å². The van der Waals surface area contributed by atoms with E-state index in [1.165, 1.54) is 0 Å². The summed E-state index contributed by atoms with van der Waals surface area (Å²) in [6.07, 6.45) is 18.6. The summed E-state index contributed by atoms with van der Waals surface area (Å²) >= 11 is 0. The predicted octanol–water partition coefficient (Wildman–Crippen LogP) is 2.90. The number of ether oxygens (including phenoxy) is 2. The first kappa shape index (κ1) is 14.3. The van der Waals surface area contributed by atoms with Gasteiger partial charge in [0.05, 0.1) is 18.8 Å². The van der Waals surface area contributed by atoms with Crippen LogP contribution in [0.1, 0.15) is 0 Å². The van der Waals surface area contributed by atoms with Crippen molar-refractivity contribution in [3.63, 3.8) is 0 Å². The van der Waals surface area contributed by atoms with E-state index in [0.29, 0.717) is 12.2 Å². The van der Waals surface area contributed by atoms with Gasteiger partial charge in [0.25, 0.3) is 0 Å². The lowest BCUT2D eigenvalue weighted by molar-refractivity contribution is -0.141. The van der Waals surface area contributed by atoms with Crippen molar-refractivity contribution in [1.29, 1.82) is 0 Å². The Hall–Kier alpha value is -2.13. The van der Waals surface area contributed by atoms with Crippen LogP contribution in [0.15, 0.2) is 72.9 Å². The molecule has 0 saturated carbocycles. The summed E-state index contributed by atoms with van der Waals surface area (Å²) in [4.78, 5) is 12.2. The Kier molecular flexibility index (Phi) is 5.33. The van der Waals surface area contributed by atoms with Crippen molar-refractivity contribution in [3.05, 3.63) is 72.9 Å². The van der Waals surface area contributed by atoms with E-state index in [1.54, 1.807) is 6.08 Å². The normalized spacial score (nSPS) is 18.1. The standard InChI is InChI=1S/C17H18O3/c1-2-11-19-13-15(12-14-7-3-4-8-14)17(18)20-16-9-5-6-10-16/h2-10,12,14,16H,1,11,13H2. The van der Waals surface area contributed by atoms with Gasteiger partial charge in [-0.1, -0.05) is 48.6 Å². The van der Waals surface area contributed by atoms with Crippen LogP contribution in [-0.2, 0) is 14.3 Å². The fraction of sp³-hybridized carbons (Fsp3) is 0.235. The third-order valence-electron chi connectivity index (χ3n) is 2.88. The van der Waals surface area contributed by atoms with E-state index in [-0.39, 0.29) is 24.6 Å². The predicted molar refractivity (Wildman–Crippen MR) is 79.0 cm³/mol. The molecule has 2 aliphatic carbocycles. The lowest BCUT2D eigenvalue weighted by atomic mass is 10.1. The van der Waals surface area contributed by atoms with Crippen molar-refractivity contribution < 1.29 is 14.3 Å². The summed E-state index contributed by atoms with van der Waals surface area (Å²) in [5.74, 6) is -0.219. The molecule has 3 heteroatoms. The van der Waals surface area contributed by atoms with Crippen LogP contribution in [0.3, 0.4) is 0 Å². The fourth-order valence-electron chi connectivity index (χ4n) is 1.91. The minimum Gasteiger partial charge on any atom is -0.450 e. The van der Waals surface area contributed by atoms with E-state index < -0.39 is 0 Å². The lowest BCUT2D eigenvalue weighted by Crippen LogP contribution is -2.18. The van der Waals surface area contributed by atoms with Gasteiger partial charge in [-0.15, -0.1) is 6.58 Å². The Morgan fingerprint density at radius 3 is 2.40 bits per heavy atom. The molecule has 0 atom stereocenters. The monoisotopic (exact) mass is 270 g/mol. The Morgan fingerprint density at radius 1 is 1.10 bits per heavy atom. The van der Waals surface area contributed by atoms with Gasteiger partial charge < -0.3 is 9.47 Å². The highest BCUT2D eigenvalue weighted by atomic mass is 16.5. The van der Waals surface area contributed by atoms with Crippen molar-refractivity contribution in [2.75, 3.05) is 13.2 Å². The first-order chi connectivity index (χ1) is 9.79. The molecule has 2 rings (SSSR count). The summed E-state index contributed by atoms with van der Waals surface area (Å²) < 4.78 is 10.7. The number of carbonyl (C=O) groups is 1. The van der Waals surface area contributed by atoms with Crippen LogP contribution < -0.4 is 0 Å². The summed E-state index contributed by atoms with van der Waals surface area (Å²) in [5.41, 5.74) is 0.529. The van der Waals surface area contributed by atoms with Crippen molar-refractivity contribution in [3.8, 4) is 0 Å². The maximum atomic E-state index is 12.2. The van der Waals surface area contributed by atoms with Crippen molar-refractivity contribution >= 4 is 5.97 Å². The second-order valence-electron chi connectivity index (χ2n) is 4.48. The Labute approximate surface area is 119 Å². The molecule has 0 fully saturated rings. The summed E-state index contributed by atoms with van der Waals surface area (Å²) in [7, 11) is 0. The van der Waals surface area contributed by atoms with E-state index in [2.05, 4.69) is 6.58 Å². The van der Waals surface area contributed by atoms with Gasteiger partial charge in [-0.3, -0.25) is 0 Å². The zero-order valence-electron chi connectivity index (χ0n) is 11.3. The van der Waals surface area contributed by atoms with E-state index in [9.17, 15) is 4.79 Å². The molecule has 0 aromatic rings.